The van der Waals surface area contributed by atoms with Gasteiger partial charge >= 0.3 is 0 Å². The average molecular weight is 312 g/mol. The van der Waals surface area contributed by atoms with Crippen LogP contribution in [0.25, 0.3) is 0 Å². The first-order chi connectivity index (χ1) is 11.1. The van der Waals surface area contributed by atoms with Gasteiger partial charge < -0.3 is 10.6 Å². The standard InChI is InChI=1S/C18H24N4O/c1-4-5-6-12-19-18(23)15-10-11-16(22-21-15)20-17-13(2)8-7-9-14(17)3/h7-11H,4-6,12H2,1-3H3,(H,19,23)(H,20,22). The molecule has 5 nitrogen and oxygen atoms in total. The summed E-state index contributed by atoms with van der Waals surface area (Å²) in [5.74, 6) is 0.456. The van der Waals surface area contributed by atoms with Crippen LogP contribution in [0.1, 0.15) is 47.8 Å². The van der Waals surface area contributed by atoms with Gasteiger partial charge in [0.2, 0.25) is 0 Å². The molecule has 2 aromatic rings. The van der Waals surface area contributed by atoms with E-state index in [1.54, 1.807) is 12.1 Å². The second kappa shape index (κ2) is 8.27. The van der Waals surface area contributed by atoms with E-state index in [9.17, 15) is 4.79 Å². The normalized spacial score (nSPS) is 10.4. The van der Waals surface area contributed by atoms with Crippen LogP contribution in [0.2, 0.25) is 0 Å². The lowest BCUT2D eigenvalue weighted by atomic mass is 10.1. The molecule has 0 aliphatic heterocycles. The first-order valence-corrected chi connectivity index (χ1v) is 8.07. The first kappa shape index (κ1) is 16.9. The molecule has 0 unspecified atom stereocenters. The van der Waals surface area contributed by atoms with Gasteiger partial charge in [0.15, 0.2) is 11.5 Å². The van der Waals surface area contributed by atoms with Crippen molar-refractivity contribution < 1.29 is 4.79 Å². The minimum Gasteiger partial charge on any atom is -0.351 e. The number of anilines is 2. The molecule has 23 heavy (non-hydrogen) atoms. The quantitative estimate of drug-likeness (QED) is 0.764. The van der Waals surface area contributed by atoms with Crippen LogP contribution in [0.15, 0.2) is 30.3 Å². The van der Waals surface area contributed by atoms with Crippen LogP contribution < -0.4 is 10.6 Å². The molecular weight excluding hydrogens is 288 g/mol. The molecule has 0 spiro atoms. The van der Waals surface area contributed by atoms with Gasteiger partial charge in [-0.05, 0) is 43.5 Å². The van der Waals surface area contributed by atoms with Gasteiger partial charge in [0.1, 0.15) is 0 Å². The number of rotatable bonds is 7. The van der Waals surface area contributed by atoms with Crippen molar-refractivity contribution in [1.82, 2.24) is 15.5 Å². The monoisotopic (exact) mass is 312 g/mol. The summed E-state index contributed by atoms with van der Waals surface area (Å²) in [5, 5.41) is 14.2. The maximum absolute atomic E-state index is 12.0. The Balaban J connectivity index is 1.98. The lowest BCUT2D eigenvalue weighted by Crippen LogP contribution is -2.25. The van der Waals surface area contributed by atoms with Crippen molar-refractivity contribution in [2.75, 3.05) is 11.9 Å². The Labute approximate surface area is 137 Å². The van der Waals surface area contributed by atoms with Crippen molar-refractivity contribution in [3.63, 3.8) is 0 Å². The Kier molecular flexibility index (Phi) is 6.09. The lowest BCUT2D eigenvalue weighted by molar-refractivity contribution is 0.0947. The number of hydrogen-bond donors (Lipinski definition) is 2. The van der Waals surface area contributed by atoms with Gasteiger partial charge in [0, 0.05) is 12.2 Å². The van der Waals surface area contributed by atoms with Gasteiger partial charge in [-0.2, -0.15) is 0 Å². The largest absolute Gasteiger partial charge is 0.351 e. The molecule has 1 aromatic heterocycles. The summed E-state index contributed by atoms with van der Waals surface area (Å²) in [6, 6.07) is 9.58. The molecule has 5 heteroatoms. The molecule has 1 heterocycles. The second-order valence-corrected chi connectivity index (χ2v) is 5.66. The van der Waals surface area contributed by atoms with Gasteiger partial charge in [0.05, 0.1) is 0 Å². The molecule has 1 aromatic carbocycles. The summed E-state index contributed by atoms with van der Waals surface area (Å²) in [6.07, 6.45) is 3.24. The molecule has 0 aliphatic rings. The van der Waals surface area contributed by atoms with Crippen molar-refractivity contribution in [2.45, 2.75) is 40.0 Å². The fourth-order valence-electron chi connectivity index (χ4n) is 2.33. The van der Waals surface area contributed by atoms with E-state index in [2.05, 4.69) is 27.8 Å². The molecule has 1 amide bonds. The lowest BCUT2D eigenvalue weighted by Gasteiger charge is -2.11. The van der Waals surface area contributed by atoms with Gasteiger partial charge in [-0.25, -0.2) is 0 Å². The molecular formula is C18H24N4O. The highest BCUT2D eigenvalue weighted by atomic mass is 16.1. The molecule has 2 N–H and O–H groups in total. The van der Waals surface area contributed by atoms with E-state index in [-0.39, 0.29) is 5.91 Å². The predicted octanol–water partition coefficient (Wildman–Crippen LogP) is 3.76. The Bertz CT molecular complexity index is 632. The molecule has 0 saturated heterocycles. The number of carbonyl (C=O) groups is 1. The van der Waals surface area contributed by atoms with E-state index >= 15 is 0 Å². The Hall–Kier alpha value is -2.43. The SMILES string of the molecule is CCCCCNC(=O)c1ccc(Nc2c(C)cccc2C)nn1. The molecule has 0 atom stereocenters. The summed E-state index contributed by atoms with van der Waals surface area (Å²) in [6.45, 7) is 6.90. The van der Waals surface area contributed by atoms with Crippen LogP contribution in [0.3, 0.4) is 0 Å². The van der Waals surface area contributed by atoms with Gasteiger partial charge in [0.25, 0.3) is 5.91 Å². The average Bonchev–Trinajstić information content (AvgIpc) is 2.55. The van der Waals surface area contributed by atoms with Crippen LogP contribution >= 0.6 is 0 Å². The molecule has 0 fully saturated rings. The number of aryl methyl sites for hydroxylation is 2. The number of nitrogens with one attached hydrogen (secondary N) is 2. The highest BCUT2D eigenvalue weighted by molar-refractivity contribution is 5.92. The minimum absolute atomic E-state index is 0.174. The summed E-state index contributed by atoms with van der Waals surface area (Å²) in [4.78, 5) is 12.0. The van der Waals surface area contributed by atoms with Crippen molar-refractivity contribution in [2.24, 2.45) is 0 Å². The van der Waals surface area contributed by atoms with Crippen LogP contribution in [0, 0.1) is 13.8 Å². The molecule has 122 valence electrons. The molecule has 2 rings (SSSR count). The van der Waals surface area contributed by atoms with Crippen molar-refractivity contribution in [3.05, 3.63) is 47.2 Å². The molecule has 0 radical (unpaired) electrons. The minimum atomic E-state index is -0.174. The zero-order valence-corrected chi connectivity index (χ0v) is 14.0. The number of para-hydroxylation sites is 1. The third-order valence-electron chi connectivity index (χ3n) is 3.70. The van der Waals surface area contributed by atoms with Gasteiger partial charge in [-0.1, -0.05) is 38.0 Å². The topological polar surface area (TPSA) is 66.9 Å². The zero-order valence-electron chi connectivity index (χ0n) is 14.0. The third kappa shape index (κ3) is 4.77. The smallest absolute Gasteiger partial charge is 0.271 e. The number of nitrogens with zero attached hydrogens (tertiary/aromatic N) is 2. The van der Waals surface area contributed by atoms with E-state index in [1.807, 2.05) is 32.0 Å². The van der Waals surface area contributed by atoms with Crippen LogP contribution in [-0.4, -0.2) is 22.6 Å². The highest BCUT2D eigenvalue weighted by Crippen LogP contribution is 2.22. The Morgan fingerprint density at radius 1 is 1.04 bits per heavy atom. The van der Waals surface area contributed by atoms with E-state index < -0.39 is 0 Å². The van der Waals surface area contributed by atoms with E-state index in [1.165, 1.54) is 0 Å². The molecule has 0 saturated carbocycles. The number of aromatic nitrogens is 2. The van der Waals surface area contributed by atoms with Crippen molar-refractivity contribution >= 4 is 17.4 Å². The predicted molar refractivity (Wildman–Crippen MR) is 93.1 cm³/mol. The summed E-state index contributed by atoms with van der Waals surface area (Å²) in [5.41, 5.74) is 3.65. The van der Waals surface area contributed by atoms with E-state index in [0.29, 0.717) is 18.1 Å². The third-order valence-corrected chi connectivity index (χ3v) is 3.70. The Morgan fingerprint density at radius 2 is 1.78 bits per heavy atom. The summed E-state index contributed by atoms with van der Waals surface area (Å²) < 4.78 is 0. The number of amides is 1. The number of unbranched alkanes of at least 4 members (excludes halogenated alkanes) is 2. The number of carbonyl (C=O) groups excluding carboxylic acids is 1. The highest BCUT2D eigenvalue weighted by Gasteiger charge is 2.08. The van der Waals surface area contributed by atoms with Crippen molar-refractivity contribution in [3.8, 4) is 0 Å². The first-order valence-electron chi connectivity index (χ1n) is 8.07. The van der Waals surface area contributed by atoms with Gasteiger partial charge in [-0.15, -0.1) is 10.2 Å². The van der Waals surface area contributed by atoms with Crippen LogP contribution in [-0.2, 0) is 0 Å². The van der Waals surface area contributed by atoms with Crippen LogP contribution in [0.4, 0.5) is 11.5 Å². The molecule has 0 bridgehead atoms. The van der Waals surface area contributed by atoms with Crippen molar-refractivity contribution in [1.29, 1.82) is 0 Å². The fourth-order valence-corrected chi connectivity index (χ4v) is 2.33. The van der Waals surface area contributed by atoms with Crippen LogP contribution in [0.5, 0.6) is 0 Å². The van der Waals surface area contributed by atoms with E-state index in [4.69, 9.17) is 0 Å². The molecule has 0 aliphatic carbocycles. The fraction of sp³-hybridized carbons (Fsp3) is 0.389. The van der Waals surface area contributed by atoms with E-state index in [0.717, 1.165) is 36.1 Å². The summed E-state index contributed by atoms with van der Waals surface area (Å²) >= 11 is 0. The summed E-state index contributed by atoms with van der Waals surface area (Å²) in [7, 11) is 0. The van der Waals surface area contributed by atoms with Gasteiger partial charge in [-0.3, -0.25) is 4.79 Å². The number of hydrogen-bond acceptors (Lipinski definition) is 4. The maximum atomic E-state index is 12.0. The number of benzene rings is 1. The maximum Gasteiger partial charge on any atom is 0.271 e. The zero-order chi connectivity index (χ0) is 16.7. The Morgan fingerprint density at radius 3 is 2.39 bits per heavy atom. The second-order valence-electron chi connectivity index (χ2n) is 5.66.